The fraction of sp³-hybridized carbons (Fsp3) is 0.188. The lowest BCUT2D eigenvalue weighted by molar-refractivity contribution is -0.139. The molecule has 0 heterocycles. The average molecular weight is 272 g/mol. The van der Waals surface area contributed by atoms with E-state index in [0.717, 1.165) is 5.56 Å². The third kappa shape index (κ3) is 3.83. The first kappa shape index (κ1) is 14.1. The first-order chi connectivity index (χ1) is 9.66. The average Bonchev–Trinajstić information content (AvgIpc) is 2.46. The van der Waals surface area contributed by atoms with Gasteiger partial charge in [-0.1, -0.05) is 48.5 Å². The van der Waals surface area contributed by atoms with Gasteiger partial charge >= 0.3 is 5.97 Å². The van der Waals surface area contributed by atoms with Crippen molar-refractivity contribution >= 4 is 5.97 Å². The van der Waals surface area contributed by atoms with Crippen LogP contribution < -0.4 is 4.74 Å². The fourth-order valence-electron chi connectivity index (χ4n) is 1.90. The first-order valence-corrected chi connectivity index (χ1v) is 6.32. The van der Waals surface area contributed by atoms with E-state index >= 15 is 0 Å². The maximum absolute atomic E-state index is 10.7. The second-order valence-electron chi connectivity index (χ2n) is 4.43. The smallest absolute Gasteiger partial charge is 0.306 e. The van der Waals surface area contributed by atoms with Crippen LogP contribution in [0.3, 0.4) is 0 Å². The number of para-hydroxylation sites is 1. The Morgan fingerprint density at radius 2 is 1.70 bits per heavy atom. The molecule has 0 amide bonds. The van der Waals surface area contributed by atoms with Crippen LogP contribution in [-0.2, 0) is 11.4 Å². The zero-order chi connectivity index (χ0) is 14.4. The van der Waals surface area contributed by atoms with Crippen LogP contribution in [0.2, 0.25) is 0 Å². The van der Waals surface area contributed by atoms with Crippen LogP contribution >= 0.6 is 0 Å². The van der Waals surface area contributed by atoms with Crippen molar-refractivity contribution in [1.82, 2.24) is 0 Å². The Labute approximate surface area is 117 Å². The van der Waals surface area contributed by atoms with Crippen LogP contribution in [0.5, 0.6) is 5.75 Å². The van der Waals surface area contributed by atoms with E-state index in [-0.39, 0.29) is 6.42 Å². The highest BCUT2D eigenvalue weighted by Gasteiger charge is 2.16. The quantitative estimate of drug-likeness (QED) is 0.848. The molecule has 2 aromatic rings. The molecule has 0 saturated carbocycles. The first-order valence-electron chi connectivity index (χ1n) is 6.32. The molecule has 104 valence electrons. The zero-order valence-corrected chi connectivity index (χ0v) is 10.9. The lowest BCUT2D eigenvalue weighted by atomic mass is 10.1. The largest absolute Gasteiger partial charge is 0.489 e. The van der Waals surface area contributed by atoms with E-state index in [4.69, 9.17) is 9.84 Å². The van der Waals surface area contributed by atoms with Gasteiger partial charge in [-0.2, -0.15) is 0 Å². The minimum absolute atomic E-state index is 0.342. The van der Waals surface area contributed by atoms with E-state index in [9.17, 15) is 9.90 Å². The molecular weight excluding hydrogens is 256 g/mol. The van der Waals surface area contributed by atoms with Crippen molar-refractivity contribution in [2.24, 2.45) is 0 Å². The predicted octanol–water partition coefficient (Wildman–Crippen LogP) is 2.77. The maximum atomic E-state index is 10.7. The monoisotopic (exact) mass is 272 g/mol. The lowest BCUT2D eigenvalue weighted by Gasteiger charge is -2.15. The number of hydrogen-bond acceptors (Lipinski definition) is 3. The predicted molar refractivity (Wildman–Crippen MR) is 74.4 cm³/mol. The van der Waals surface area contributed by atoms with Gasteiger partial charge in [-0.15, -0.1) is 0 Å². The number of aliphatic carboxylic acids is 1. The Kier molecular flexibility index (Phi) is 4.74. The Morgan fingerprint density at radius 1 is 1.05 bits per heavy atom. The molecule has 0 aliphatic heterocycles. The number of aliphatic hydroxyl groups excluding tert-OH is 1. The van der Waals surface area contributed by atoms with Crippen molar-refractivity contribution in [2.75, 3.05) is 0 Å². The van der Waals surface area contributed by atoms with E-state index in [0.29, 0.717) is 17.9 Å². The third-order valence-electron chi connectivity index (χ3n) is 2.88. The van der Waals surface area contributed by atoms with Crippen molar-refractivity contribution in [3.8, 4) is 5.75 Å². The van der Waals surface area contributed by atoms with Crippen LogP contribution in [0, 0.1) is 0 Å². The van der Waals surface area contributed by atoms with Gasteiger partial charge < -0.3 is 14.9 Å². The minimum atomic E-state index is -1.07. The minimum Gasteiger partial charge on any atom is -0.489 e. The Balaban J connectivity index is 2.09. The van der Waals surface area contributed by atoms with Gasteiger partial charge in [-0.05, 0) is 11.6 Å². The Bertz CT molecular complexity index is 566. The van der Waals surface area contributed by atoms with Crippen molar-refractivity contribution in [3.63, 3.8) is 0 Å². The second kappa shape index (κ2) is 6.73. The standard InChI is InChI=1S/C16H16O4/c17-14(10-16(18)19)13-8-4-5-9-15(13)20-11-12-6-2-1-3-7-12/h1-9,14,17H,10-11H2,(H,18,19). The van der Waals surface area contributed by atoms with Gasteiger partial charge in [0, 0.05) is 5.56 Å². The lowest BCUT2D eigenvalue weighted by Crippen LogP contribution is -2.07. The molecule has 4 nitrogen and oxygen atoms in total. The van der Waals surface area contributed by atoms with Crippen LogP contribution in [0.4, 0.5) is 0 Å². The molecule has 0 saturated heterocycles. The molecule has 0 spiro atoms. The molecule has 4 heteroatoms. The summed E-state index contributed by atoms with van der Waals surface area (Å²) < 4.78 is 5.67. The molecular formula is C16H16O4. The summed E-state index contributed by atoms with van der Waals surface area (Å²) in [5.74, 6) is -0.541. The van der Waals surface area contributed by atoms with E-state index in [1.165, 1.54) is 0 Å². The van der Waals surface area contributed by atoms with Gasteiger partial charge in [0.05, 0.1) is 12.5 Å². The SMILES string of the molecule is O=C(O)CC(O)c1ccccc1OCc1ccccc1. The van der Waals surface area contributed by atoms with Crippen molar-refractivity contribution < 1.29 is 19.7 Å². The molecule has 0 bridgehead atoms. The summed E-state index contributed by atoms with van der Waals surface area (Å²) in [6.45, 7) is 0.373. The molecule has 1 atom stereocenters. The maximum Gasteiger partial charge on any atom is 0.306 e. The van der Waals surface area contributed by atoms with Gasteiger partial charge in [0.1, 0.15) is 12.4 Å². The number of carboxylic acids is 1. The van der Waals surface area contributed by atoms with Crippen LogP contribution in [-0.4, -0.2) is 16.2 Å². The normalized spacial score (nSPS) is 11.8. The molecule has 2 aromatic carbocycles. The Morgan fingerprint density at radius 3 is 2.40 bits per heavy atom. The summed E-state index contributed by atoms with van der Waals surface area (Å²) >= 11 is 0. The number of ether oxygens (including phenoxy) is 1. The Hall–Kier alpha value is -2.33. The highest BCUT2D eigenvalue weighted by atomic mass is 16.5. The molecule has 0 aromatic heterocycles. The number of carboxylic acid groups (broad SMARTS) is 1. The van der Waals surface area contributed by atoms with E-state index < -0.39 is 12.1 Å². The number of rotatable bonds is 6. The molecule has 20 heavy (non-hydrogen) atoms. The highest BCUT2D eigenvalue weighted by molar-refractivity contribution is 5.67. The summed E-state index contributed by atoms with van der Waals surface area (Å²) in [5, 5.41) is 18.7. The van der Waals surface area contributed by atoms with Gasteiger partial charge in [-0.25, -0.2) is 0 Å². The van der Waals surface area contributed by atoms with Crippen LogP contribution in [0.15, 0.2) is 54.6 Å². The summed E-state index contributed by atoms with van der Waals surface area (Å²) in [4.78, 5) is 10.7. The van der Waals surface area contributed by atoms with Gasteiger partial charge in [0.15, 0.2) is 0 Å². The van der Waals surface area contributed by atoms with E-state index in [2.05, 4.69) is 0 Å². The van der Waals surface area contributed by atoms with E-state index in [1.54, 1.807) is 24.3 Å². The molecule has 0 radical (unpaired) electrons. The van der Waals surface area contributed by atoms with E-state index in [1.807, 2.05) is 30.3 Å². The molecule has 2 rings (SSSR count). The van der Waals surface area contributed by atoms with Gasteiger partial charge in [0.2, 0.25) is 0 Å². The van der Waals surface area contributed by atoms with Gasteiger partial charge in [-0.3, -0.25) is 4.79 Å². The highest BCUT2D eigenvalue weighted by Crippen LogP contribution is 2.27. The van der Waals surface area contributed by atoms with Crippen molar-refractivity contribution in [1.29, 1.82) is 0 Å². The summed E-state index contributed by atoms with van der Waals surface area (Å²) in [5.41, 5.74) is 1.50. The third-order valence-corrected chi connectivity index (χ3v) is 2.88. The number of hydrogen-bond donors (Lipinski definition) is 2. The summed E-state index contributed by atoms with van der Waals surface area (Å²) in [6, 6.07) is 16.6. The number of carbonyl (C=O) groups is 1. The van der Waals surface area contributed by atoms with Crippen LogP contribution in [0.1, 0.15) is 23.7 Å². The molecule has 0 fully saturated rings. The molecule has 0 aliphatic rings. The second-order valence-corrected chi connectivity index (χ2v) is 4.43. The summed E-state index contributed by atoms with van der Waals surface area (Å²) in [6.07, 6.45) is -1.41. The summed E-state index contributed by atoms with van der Waals surface area (Å²) in [7, 11) is 0. The molecule has 1 unspecified atom stereocenters. The van der Waals surface area contributed by atoms with Crippen molar-refractivity contribution in [3.05, 3.63) is 65.7 Å². The number of benzene rings is 2. The van der Waals surface area contributed by atoms with Crippen molar-refractivity contribution in [2.45, 2.75) is 19.1 Å². The van der Waals surface area contributed by atoms with Crippen LogP contribution in [0.25, 0.3) is 0 Å². The van der Waals surface area contributed by atoms with Gasteiger partial charge in [0.25, 0.3) is 0 Å². The fourth-order valence-corrected chi connectivity index (χ4v) is 1.90. The number of aliphatic hydroxyl groups is 1. The molecule has 0 aliphatic carbocycles. The molecule has 2 N–H and O–H groups in total. The zero-order valence-electron chi connectivity index (χ0n) is 10.9. The topological polar surface area (TPSA) is 66.8 Å².